The van der Waals surface area contributed by atoms with Gasteiger partial charge in [-0.15, -0.1) is 0 Å². The van der Waals surface area contributed by atoms with Crippen LogP contribution >= 0.6 is 0 Å². The third-order valence-electron chi connectivity index (χ3n) is 3.25. The molecule has 0 fully saturated rings. The zero-order valence-corrected chi connectivity index (χ0v) is 12.6. The Hall–Kier alpha value is -1.52. The highest BCUT2D eigenvalue weighted by Gasteiger charge is 2.06. The molecule has 0 saturated carbocycles. The predicted molar refractivity (Wildman–Crippen MR) is 83.6 cm³/mol. The van der Waals surface area contributed by atoms with Gasteiger partial charge in [-0.05, 0) is 31.1 Å². The van der Waals surface area contributed by atoms with Crippen LogP contribution in [-0.4, -0.2) is 41.5 Å². The molecule has 0 unspecified atom stereocenters. The first kappa shape index (κ1) is 14.9. The minimum absolute atomic E-state index is 0.702. The highest BCUT2D eigenvalue weighted by molar-refractivity contribution is 5.77. The van der Waals surface area contributed by atoms with Gasteiger partial charge in [0.2, 0.25) is 0 Å². The number of rotatable bonds is 7. The molecule has 2 rings (SSSR count). The second kappa shape index (κ2) is 7.31. The topological polar surface area (TPSA) is 41.0 Å². The van der Waals surface area contributed by atoms with E-state index < -0.39 is 0 Å². The van der Waals surface area contributed by atoms with Crippen LogP contribution in [0.5, 0.6) is 0 Å². The average Bonchev–Trinajstić information content (AvgIpc) is 2.44. The minimum atomic E-state index is 0.702. The molecule has 0 bridgehead atoms. The Bertz CT molecular complexity index is 533. The Kier molecular flexibility index (Phi) is 5.44. The van der Waals surface area contributed by atoms with Crippen molar-refractivity contribution in [3.05, 3.63) is 36.2 Å². The SMILES string of the molecule is CC(C)CNCCN(C)Cc1cccc2nccnc12. The average molecular weight is 272 g/mol. The minimum Gasteiger partial charge on any atom is -0.315 e. The van der Waals surface area contributed by atoms with Crippen molar-refractivity contribution >= 4 is 11.0 Å². The normalized spacial score (nSPS) is 11.7. The molecule has 1 aromatic heterocycles. The van der Waals surface area contributed by atoms with Gasteiger partial charge in [-0.1, -0.05) is 26.0 Å². The molecule has 108 valence electrons. The maximum Gasteiger partial charge on any atom is 0.0931 e. The highest BCUT2D eigenvalue weighted by atomic mass is 15.1. The number of aromatic nitrogens is 2. The molecule has 2 aromatic rings. The van der Waals surface area contributed by atoms with Crippen LogP contribution in [0.2, 0.25) is 0 Å². The molecule has 0 aliphatic heterocycles. The molecule has 0 spiro atoms. The summed E-state index contributed by atoms with van der Waals surface area (Å²) in [6.07, 6.45) is 3.50. The molecule has 0 aliphatic rings. The molecule has 1 aromatic carbocycles. The number of fused-ring (bicyclic) bond motifs is 1. The Balaban J connectivity index is 1.91. The molecule has 0 aliphatic carbocycles. The number of likely N-dealkylation sites (N-methyl/N-ethyl adjacent to an activating group) is 1. The summed E-state index contributed by atoms with van der Waals surface area (Å²) in [6.45, 7) is 8.48. The monoisotopic (exact) mass is 272 g/mol. The summed E-state index contributed by atoms with van der Waals surface area (Å²) in [5, 5.41) is 3.47. The van der Waals surface area contributed by atoms with Gasteiger partial charge in [0, 0.05) is 32.0 Å². The van der Waals surface area contributed by atoms with Crippen LogP contribution in [0.4, 0.5) is 0 Å². The standard InChI is InChI=1S/C16H24N4/c1-13(2)11-17-9-10-20(3)12-14-5-4-6-15-16(14)19-8-7-18-15/h4-8,13,17H,9-12H2,1-3H3. The fourth-order valence-corrected chi connectivity index (χ4v) is 2.21. The Labute approximate surface area is 121 Å². The molecule has 0 amide bonds. The van der Waals surface area contributed by atoms with E-state index in [1.165, 1.54) is 5.56 Å². The number of hydrogen-bond acceptors (Lipinski definition) is 4. The van der Waals surface area contributed by atoms with Gasteiger partial charge in [-0.25, -0.2) is 0 Å². The summed E-state index contributed by atoms with van der Waals surface area (Å²) < 4.78 is 0. The molecule has 0 atom stereocenters. The number of para-hydroxylation sites is 1. The number of hydrogen-bond donors (Lipinski definition) is 1. The predicted octanol–water partition coefficient (Wildman–Crippen LogP) is 2.31. The van der Waals surface area contributed by atoms with Gasteiger partial charge in [0.15, 0.2) is 0 Å². The summed E-state index contributed by atoms with van der Waals surface area (Å²) >= 11 is 0. The summed E-state index contributed by atoms with van der Waals surface area (Å²) in [5.41, 5.74) is 3.22. The Morgan fingerprint density at radius 2 is 2.00 bits per heavy atom. The smallest absolute Gasteiger partial charge is 0.0931 e. The summed E-state index contributed by atoms with van der Waals surface area (Å²) in [4.78, 5) is 11.1. The lowest BCUT2D eigenvalue weighted by Gasteiger charge is -2.18. The van der Waals surface area contributed by atoms with E-state index in [1.807, 2.05) is 6.07 Å². The number of nitrogens with zero attached hydrogens (tertiary/aromatic N) is 3. The quantitative estimate of drug-likeness (QED) is 0.785. The lowest BCUT2D eigenvalue weighted by Crippen LogP contribution is -2.30. The number of nitrogens with one attached hydrogen (secondary N) is 1. The van der Waals surface area contributed by atoms with Gasteiger partial charge < -0.3 is 10.2 Å². The summed E-state index contributed by atoms with van der Waals surface area (Å²) in [6, 6.07) is 6.20. The zero-order chi connectivity index (χ0) is 14.4. The first-order valence-electron chi connectivity index (χ1n) is 7.24. The second-order valence-electron chi connectivity index (χ2n) is 5.68. The van der Waals surface area contributed by atoms with E-state index in [2.05, 4.69) is 53.2 Å². The molecular weight excluding hydrogens is 248 g/mol. The van der Waals surface area contributed by atoms with Gasteiger partial charge in [0.25, 0.3) is 0 Å². The molecule has 1 heterocycles. The lowest BCUT2D eigenvalue weighted by molar-refractivity contribution is 0.322. The first-order chi connectivity index (χ1) is 9.66. The van der Waals surface area contributed by atoms with Gasteiger partial charge in [-0.3, -0.25) is 9.97 Å². The lowest BCUT2D eigenvalue weighted by atomic mass is 10.1. The van der Waals surface area contributed by atoms with E-state index in [9.17, 15) is 0 Å². The van der Waals surface area contributed by atoms with E-state index in [1.54, 1.807) is 12.4 Å². The van der Waals surface area contributed by atoms with Crippen LogP contribution in [0.25, 0.3) is 11.0 Å². The number of benzene rings is 1. The van der Waals surface area contributed by atoms with E-state index in [-0.39, 0.29) is 0 Å². The largest absolute Gasteiger partial charge is 0.315 e. The fourth-order valence-electron chi connectivity index (χ4n) is 2.21. The van der Waals surface area contributed by atoms with E-state index in [0.29, 0.717) is 5.92 Å². The third-order valence-corrected chi connectivity index (χ3v) is 3.25. The van der Waals surface area contributed by atoms with Gasteiger partial charge in [-0.2, -0.15) is 0 Å². The Morgan fingerprint density at radius 1 is 1.20 bits per heavy atom. The van der Waals surface area contributed by atoms with Gasteiger partial charge in [0.05, 0.1) is 11.0 Å². The fraction of sp³-hybridized carbons (Fsp3) is 0.500. The van der Waals surface area contributed by atoms with Crippen molar-refractivity contribution in [3.63, 3.8) is 0 Å². The second-order valence-corrected chi connectivity index (χ2v) is 5.68. The molecule has 0 saturated heterocycles. The summed E-state index contributed by atoms with van der Waals surface area (Å²) in [5.74, 6) is 0.702. The van der Waals surface area contributed by atoms with Crippen LogP contribution in [0, 0.1) is 5.92 Å². The van der Waals surface area contributed by atoms with Crippen molar-refractivity contribution in [1.29, 1.82) is 0 Å². The van der Waals surface area contributed by atoms with E-state index in [0.717, 1.165) is 37.2 Å². The van der Waals surface area contributed by atoms with Crippen molar-refractivity contribution in [2.24, 2.45) is 5.92 Å². The zero-order valence-electron chi connectivity index (χ0n) is 12.6. The van der Waals surface area contributed by atoms with Crippen molar-refractivity contribution < 1.29 is 0 Å². The maximum absolute atomic E-state index is 4.45. The molecular formula is C16H24N4. The summed E-state index contributed by atoms with van der Waals surface area (Å²) in [7, 11) is 2.15. The molecule has 1 N–H and O–H groups in total. The van der Waals surface area contributed by atoms with E-state index in [4.69, 9.17) is 0 Å². The third kappa shape index (κ3) is 4.25. The first-order valence-corrected chi connectivity index (χ1v) is 7.24. The molecule has 0 radical (unpaired) electrons. The van der Waals surface area contributed by atoms with Gasteiger partial charge in [0.1, 0.15) is 0 Å². The van der Waals surface area contributed by atoms with Crippen molar-refractivity contribution in [1.82, 2.24) is 20.2 Å². The van der Waals surface area contributed by atoms with Crippen molar-refractivity contribution in [2.45, 2.75) is 20.4 Å². The van der Waals surface area contributed by atoms with Crippen LogP contribution < -0.4 is 5.32 Å². The van der Waals surface area contributed by atoms with E-state index >= 15 is 0 Å². The molecule has 20 heavy (non-hydrogen) atoms. The van der Waals surface area contributed by atoms with Crippen LogP contribution in [-0.2, 0) is 6.54 Å². The van der Waals surface area contributed by atoms with Crippen LogP contribution in [0.1, 0.15) is 19.4 Å². The van der Waals surface area contributed by atoms with Gasteiger partial charge >= 0.3 is 0 Å². The molecule has 4 nitrogen and oxygen atoms in total. The Morgan fingerprint density at radius 3 is 2.80 bits per heavy atom. The van der Waals surface area contributed by atoms with Crippen molar-refractivity contribution in [2.75, 3.05) is 26.7 Å². The highest BCUT2D eigenvalue weighted by Crippen LogP contribution is 2.15. The van der Waals surface area contributed by atoms with Crippen LogP contribution in [0.15, 0.2) is 30.6 Å². The molecule has 4 heteroatoms. The van der Waals surface area contributed by atoms with Crippen LogP contribution in [0.3, 0.4) is 0 Å². The maximum atomic E-state index is 4.45. The van der Waals surface area contributed by atoms with Crippen molar-refractivity contribution in [3.8, 4) is 0 Å².